The summed E-state index contributed by atoms with van der Waals surface area (Å²) in [6.45, 7) is 6.71. The molecule has 0 saturated carbocycles. The van der Waals surface area contributed by atoms with Gasteiger partial charge in [0.1, 0.15) is 46.2 Å². The lowest BCUT2D eigenvalue weighted by molar-refractivity contribution is -0.0394. The van der Waals surface area contributed by atoms with E-state index >= 15 is 0 Å². The van der Waals surface area contributed by atoms with Crippen molar-refractivity contribution in [1.82, 2.24) is 0 Å². The van der Waals surface area contributed by atoms with Gasteiger partial charge in [-0.25, -0.2) is 18.3 Å². The molecule has 304 valence electrons. The van der Waals surface area contributed by atoms with Crippen LogP contribution in [-0.2, 0) is 68.7 Å². The van der Waals surface area contributed by atoms with Crippen LogP contribution in [0.4, 0.5) is 0 Å². The zero-order chi connectivity index (χ0) is 39.1. The molecule has 0 spiro atoms. The Bertz CT molecular complexity index is 1310. The Hall–Kier alpha value is 0.410. The number of phosphoric acid groups is 4. The van der Waals surface area contributed by atoms with Crippen LogP contribution in [0.5, 0.6) is 0 Å². The molecule has 3 aliphatic rings. The molecule has 5 N–H and O–H groups in total. The maximum atomic E-state index is 13.0. The first-order valence-corrected chi connectivity index (χ1v) is 23.4. The summed E-state index contributed by atoms with van der Waals surface area (Å²) < 4.78 is 109. The smallest absolute Gasteiger partial charge is 0.388 e. The third-order valence-electron chi connectivity index (χ3n) is 8.73. The summed E-state index contributed by atoms with van der Waals surface area (Å²) in [5.41, 5.74) is 0. The van der Waals surface area contributed by atoms with Crippen molar-refractivity contribution < 1.29 is 93.3 Å². The van der Waals surface area contributed by atoms with Crippen LogP contribution in [0, 0.1) is 0 Å². The van der Waals surface area contributed by atoms with E-state index in [-0.39, 0.29) is 12.8 Å². The van der Waals surface area contributed by atoms with Gasteiger partial charge in [-0.15, -0.1) is 0 Å². The number of aliphatic hydroxyl groups excluding tert-OH is 1. The number of ether oxygens (including phenoxy) is 3. The molecule has 0 amide bonds. The lowest BCUT2D eigenvalue weighted by Crippen LogP contribution is -2.36. The average Bonchev–Trinajstić information content (AvgIpc) is 3.67. The minimum absolute atomic E-state index is 0.105. The molecule has 3 saturated heterocycles. The third kappa shape index (κ3) is 14.7. The van der Waals surface area contributed by atoms with E-state index in [0.29, 0.717) is 25.7 Å². The molecule has 0 aromatic rings. The summed E-state index contributed by atoms with van der Waals surface area (Å²) in [4.78, 5) is 41.5. The van der Waals surface area contributed by atoms with Gasteiger partial charge >= 0.3 is 31.3 Å². The summed E-state index contributed by atoms with van der Waals surface area (Å²) in [6, 6.07) is -0.931. The molecule has 0 radical (unpaired) electrons. The van der Waals surface area contributed by atoms with E-state index in [9.17, 15) is 42.9 Å². The summed E-state index contributed by atoms with van der Waals surface area (Å²) in [6.07, 6.45) is -8.54. The van der Waals surface area contributed by atoms with Crippen LogP contribution in [0.2, 0.25) is 0 Å². The van der Waals surface area contributed by atoms with Crippen molar-refractivity contribution in [2.75, 3.05) is 19.8 Å². The highest BCUT2D eigenvalue weighted by Crippen LogP contribution is 2.53. The van der Waals surface area contributed by atoms with Gasteiger partial charge in [-0.1, -0.05) is 27.7 Å². The molecule has 0 bridgehead atoms. The molecule has 0 aromatic heterocycles. The monoisotopic (exact) mass is 832 g/mol. The summed E-state index contributed by atoms with van der Waals surface area (Å²) in [5.74, 6) is 0. The average molecular weight is 832 g/mol. The SMILES string of the molecule is BC1CC(OP(=O)(O)OCC2OC(C)C(O)C2OP(=O)(O)OCC2OC(B)CC2OP(=O)(O)OC(CC)CC)C(COP(=O)(O)OC(CC)CC)O1. The molecule has 14 unspecified atom stereocenters. The molecule has 3 heterocycles. The van der Waals surface area contributed by atoms with Crippen LogP contribution in [0.15, 0.2) is 0 Å². The highest BCUT2D eigenvalue weighted by atomic mass is 31.2. The topological polar surface area (TPSA) is 271 Å². The van der Waals surface area contributed by atoms with Crippen LogP contribution in [0.25, 0.3) is 0 Å². The van der Waals surface area contributed by atoms with E-state index < -0.39 is 124 Å². The van der Waals surface area contributed by atoms with Gasteiger partial charge in [-0.05, 0) is 45.4 Å². The first-order valence-electron chi connectivity index (χ1n) is 17.4. The van der Waals surface area contributed by atoms with Gasteiger partial charge in [0.05, 0.1) is 50.3 Å². The molecule has 52 heavy (non-hydrogen) atoms. The van der Waals surface area contributed by atoms with E-state index in [4.69, 9.17) is 50.4 Å². The van der Waals surface area contributed by atoms with Gasteiger partial charge < -0.3 is 38.9 Å². The Balaban J connectivity index is 1.57. The van der Waals surface area contributed by atoms with Crippen LogP contribution in [-0.4, -0.2) is 133 Å². The Morgan fingerprint density at radius 1 is 0.615 bits per heavy atom. The Kier molecular flexibility index (Phi) is 18.2. The van der Waals surface area contributed by atoms with Crippen LogP contribution >= 0.6 is 31.3 Å². The molecule has 3 aliphatic heterocycles. The standard InChI is InChI=1S/C26H54B2O20P4/c1-6-16(7-2)44-49(30,31)38-12-20-18(10-23(27)42-20)46-50(32,33)40-14-22-26(25(29)15(5)41-22)48-51(34,35)39-13-21-19(11-24(28)43-21)47-52(36,37)45-17(8-3)9-4/h15-26,29H,6-14,27-28H2,1-5H3,(H,30,31)(H,32,33)(H,34,35)(H,36,37). The van der Waals surface area contributed by atoms with Crippen LogP contribution in [0.1, 0.15) is 73.1 Å². The molecule has 3 fully saturated rings. The zero-order valence-corrected chi connectivity index (χ0v) is 34.0. The zero-order valence-electron chi connectivity index (χ0n) is 30.4. The van der Waals surface area contributed by atoms with Crippen molar-refractivity contribution in [3.63, 3.8) is 0 Å². The van der Waals surface area contributed by atoms with Gasteiger partial charge in [-0.2, -0.15) is 0 Å². The second kappa shape index (κ2) is 20.2. The fraction of sp³-hybridized carbons (Fsp3) is 1.00. The van der Waals surface area contributed by atoms with Crippen molar-refractivity contribution >= 4 is 47.0 Å². The molecule has 14 atom stereocenters. The summed E-state index contributed by atoms with van der Waals surface area (Å²) >= 11 is 0. The number of hydrogen-bond acceptors (Lipinski definition) is 16. The number of aliphatic hydroxyl groups is 1. The summed E-state index contributed by atoms with van der Waals surface area (Å²) in [7, 11) is -15.6. The predicted octanol–water partition coefficient (Wildman–Crippen LogP) is 1.65. The maximum Gasteiger partial charge on any atom is 0.472 e. The minimum atomic E-state index is -5.00. The molecule has 0 aliphatic carbocycles. The highest BCUT2D eigenvalue weighted by Gasteiger charge is 2.49. The normalized spacial score (nSPS) is 35.8. The molecule has 26 heteroatoms. The van der Waals surface area contributed by atoms with Crippen molar-refractivity contribution in [2.45, 2.75) is 146 Å². The largest absolute Gasteiger partial charge is 0.472 e. The lowest BCUT2D eigenvalue weighted by atomic mass is 9.96. The van der Waals surface area contributed by atoms with E-state index in [1.807, 2.05) is 0 Å². The lowest BCUT2D eigenvalue weighted by Gasteiger charge is -2.26. The number of rotatable bonds is 23. The Morgan fingerprint density at radius 2 is 1.00 bits per heavy atom. The van der Waals surface area contributed by atoms with E-state index in [1.165, 1.54) is 6.92 Å². The van der Waals surface area contributed by atoms with Gasteiger partial charge in [-0.3, -0.25) is 36.2 Å². The Labute approximate surface area is 306 Å². The molecular formula is C26H54B2O20P4. The number of hydrogen-bond donors (Lipinski definition) is 5. The molecule has 3 rings (SSSR count). The molecule has 0 aromatic carbocycles. The fourth-order valence-corrected chi connectivity index (χ4v) is 10.2. The predicted molar refractivity (Wildman–Crippen MR) is 187 cm³/mol. The van der Waals surface area contributed by atoms with Gasteiger partial charge in [0.25, 0.3) is 0 Å². The maximum absolute atomic E-state index is 13.0. The first kappa shape index (κ1) is 46.8. The van der Waals surface area contributed by atoms with Gasteiger partial charge in [0.15, 0.2) is 0 Å². The van der Waals surface area contributed by atoms with Crippen LogP contribution < -0.4 is 0 Å². The van der Waals surface area contributed by atoms with Gasteiger partial charge in [0, 0.05) is 12.0 Å². The minimum Gasteiger partial charge on any atom is -0.388 e. The molecular weight excluding hydrogens is 778 g/mol. The fourth-order valence-electron chi connectivity index (χ4n) is 5.91. The van der Waals surface area contributed by atoms with Crippen molar-refractivity contribution in [2.24, 2.45) is 0 Å². The quantitative estimate of drug-likeness (QED) is 0.0723. The van der Waals surface area contributed by atoms with Gasteiger partial charge in [0.2, 0.25) is 0 Å². The van der Waals surface area contributed by atoms with Crippen molar-refractivity contribution in [1.29, 1.82) is 0 Å². The third-order valence-corrected chi connectivity index (χ3v) is 12.9. The Morgan fingerprint density at radius 3 is 1.46 bits per heavy atom. The van der Waals surface area contributed by atoms with E-state index in [2.05, 4.69) is 0 Å². The molecule has 20 nitrogen and oxygen atoms in total. The van der Waals surface area contributed by atoms with E-state index in [0.717, 1.165) is 0 Å². The summed E-state index contributed by atoms with van der Waals surface area (Å²) in [5, 5.41) is 10.7. The van der Waals surface area contributed by atoms with Crippen LogP contribution in [0.3, 0.4) is 0 Å². The first-order chi connectivity index (χ1) is 24.1. The van der Waals surface area contributed by atoms with Crippen molar-refractivity contribution in [3.05, 3.63) is 0 Å². The second-order valence-corrected chi connectivity index (χ2v) is 18.6. The number of phosphoric ester groups is 4. The van der Waals surface area contributed by atoms with Crippen molar-refractivity contribution in [3.8, 4) is 0 Å². The van der Waals surface area contributed by atoms with E-state index in [1.54, 1.807) is 43.4 Å². The second-order valence-electron chi connectivity index (χ2n) is 13.0. The highest BCUT2D eigenvalue weighted by molar-refractivity contribution is 7.48.